The molecule has 3 nitrogen and oxygen atoms in total. The minimum absolute atomic E-state index is 0.168. The number of halogens is 1. The van der Waals surface area contributed by atoms with E-state index in [1.165, 1.54) is 6.07 Å². The number of nitrogens with one attached hydrogen (secondary N) is 1. The van der Waals surface area contributed by atoms with Gasteiger partial charge in [-0.05, 0) is 48.4 Å². The van der Waals surface area contributed by atoms with Crippen LogP contribution in [0.5, 0.6) is 5.75 Å². The topological polar surface area (TPSA) is 49.3 Å². The van der Waals surface area contributed by atoms with Gasteiger partial charge in [0.1, 0.15) is 5.75 Å². The molecule has 0 saturated carbocycles. The summed E-state index contributed by atoms with van der Waals surface area (Å²) in [5.74, 6) is 0.0206. The molecule has 0 aliphatic heterocycles. The van der Waals surface area contributed by atoms with Crippen LogP contribution in [0, 0.1) is 6.92 Å². The quantitative estimate of drug-likeness (QED) is 0.903. The second-order valence-corrected chi connectivity index (χ2v) is 4.75. The molecule has 0 heterocycles. The predicted octanol–water partition coefficient (Wildman–Crippen LogP) is 3.28. The Hall–Kier alpha value is -2.00. The van der Waals surface area contributed by atoms with Gasteiger partial charge in [-0.2, -0.15) is 0 Å². The van der Waals surface area contributed by atoms with Crippen LogP contribution in [0.15, 0.2) is 42.5 Å². The standard InChI is InChI=1S/C15H14ClNO2/c1-10-8-12(4-7-14(10)18)15(19)17-9-11-2-5-13(16)6-3-11/h2-8,18H,9H2,1H3,(H,17,19). The summed E-state index contributed by atoms with van der Waals surface area (Å²) in [5, 5.41) is 12.9. The summed E-state index contributed by atoms with van der Waals surface area (Å²) >= 11 is 5.79. The number of aromatic hydroxyl groups is 1. The predicted molar refractivity (Wildman–Crippen MR) is 75.5 cm³/mol. The van der Waals surface area contributed by atoms with Gasteiger partial charge in [0.15, 0.2) is 0 Å². The maximum Gasteiger partial charge on any atom is 0.251 e. The van der Waals surface area contributed by atoms with E-state index >= 15 is 0 Å². The second-order valence-electron chi connectivity index (χ2n) is 4.31. The summed E-state index contributed by atoms with van der Waals surface area (Å²) in [6, 6.07) is 12.1. The fourth-order valence-corrected chi connectivity index (χ4v) is 1.81. The lowest BCUT2D eigenvalue weighted by Crippen LogP contribution is -2.22. The fourth-order valence-electron chi connectivity index (χ4n) is 1.68. The summed E-state index contributed by atoms with van der Waals surface area (Å²) in [6.07, 6.45) is 0. The lowest BCUT2D eigenvalue weighted by atomic mass is 10.1. The third-order valence-electron chi connectivity index (χ3n) is 2.83. The average Bonchev–Trinajstić information content (AvgIpc) is 2.41. The van der Waals surface area contributed by atoms with E-state index < -0.39 is 0 Å². The van der Waals surface area contributed by atoms with E-state index in [0.717, 1.165) is 5.56 Å². The first-order chi connectivity index (χ1) is 9.06. The first-order valence-corrected chi connectivity index (χ1v) is 6.26. The van der Waals surface area contributed by atoms with Gasteiger partial charge in [-0.15, -0.1) is 0 Å². The molecule has 2 rings (SSSR count). The molecule has 0 spiro atoms. The van der Waals surface area contributed by atoms with Gasteiger partial charge in [-0.3, -0.25) is 4.79 Å². The van der Waals surface area contributed by atoms with Crippen molar-refractivity contribution in [2.75, 3.05) is 0 Å². The highest BCUT2D eigenvalue weighted by atomic mass is 35.5. The van der Waals surface area contributed by atoms with Crippen molar-refractivity contribution < 1.29 is 9.90 Å². The Kier molecular flexibility index (Phi) is 4.07. The molecule has 0 aliphatic carbocycles. The molecule has 19 heavy (non-hydrogen) atoms. The molecule has 0 aromatic heterocycles. The molecule has 0 atom stereocenters. The monoisotopic (exact) mass is 275 g/mol. The van der Waals surface area contributed by atoms with Crippen molar-refractivity contribution in [1.82, 2.24) is 5.32 Å². The SMILES string of the molecule is Cc1cc(C(=O)NCc2ccc(Cl)cc2)ccc1O. The zero-order valence-electron chi connectivity index (χ0n) is 10.5. The Morgan fingerprint density at radius 1 is 1.21 bits per heavy atom. The van der Waals surface area contributed by atoms with Gasteiger partial charge < -0.3 is 10.4 Å². The van der Waals surface area contributed by atoms with Crippen LogP contribution in [0.2, 0.25) is 5.02 Å². The van der Waals surface area contributed by atoms with E-state index in [1.807, 2.05) is 12.1 Å². The molecule has 2 aromatic rings. The molecule has 4 heteroatoms. The fraction of sp³-hybridized carbons (Fsp3) is 0.133. The smallest absolute Gasteiger partial charge is 0.251 e. The summed E-state index contributed by atoms with van der Waals surface area (Å²) in [4.78, 5) is 11.9. The molecule has 0 fully saturated rings. The third-order valence-corrected chi connectivity index (χ3v) is 3.08. The number of rotatable bonds is 3. The minimum atomic E-state index is -0.168. The van der Waals surface area contributed by atoms with Crippen molar-refractivity contribution in [3.05, 3.63) is 64.2 Å². The number of carbonyl (C=O) groups is 1. The van der Waals surface area contributed by atoms with Gasteiger partial charge in [0, 0.05) is 17.1 Å². The number of amides is 1. The molecular weight excluding hydrogens is 262 g/mol. The van der Waals surface area contributed by atoms with Crippen molar-refractivity contribution in [3.8, 4) is 5.75 Å². The van der Waals surface area contributed by atoms with Crippen LogP contribution < -0.4 is 5.32 Å². The Morgan fingerprint density at radius 3 is 2.53 bits per heavy atom. The average molecular weight is 276 g/mol. The molecule has 0 bridgehead atoms. The van der Waals surface area contributed by atoms with Gasteiger partial charge in [0.2, 0.25) is 0 Å². The van der Waals surface area contributed by atoms with E-state index in [-0.39, 0.29) is 11.7 Å². The summed E-state index contributed by atoms with van der Waals surface area (Å²) < 4.78 is 0. The first kappa shape index (κ1) is 13.4. The second kappa shape index (κ2) is 5.76. The minimum Gasteiger partial charge on any atom is -0.508 e. The number of carbonyl (C=O) groups excluding carboxylic acids is 1. The highest BCUT2D eigenvalue weighted by Crippen LogP contribution is 2.17. The maximum absolute atomic E-state index is 11.9. The highest BCUT2D eigenvalue weighted by molar-refractivity contribution is 6.30. The normalized spacial score (nSPS) is 10.2. The Balaban J connectivity index is 2.01. The molecule has 2 aromatic carbocycles. The van der Waals surface area contributed by atoms with Crippen molar-refractivity contribution in [2.24, 2.45) is 0 Å². The summed E-state index contributed by atoms with van der Waals surface area (Å²) in [6.45, 7) is 2.20. The van der Waals surface area contributed by atoms with Gasteiger partial charge >= 0.3 is 0 Å². The van der Waals surface area contributed by atoms with Gasteiger partial charge in [0.05, 0.1) is 0 Å². The molecule has 0 radical (unpaired) electrons. The molecule has 2 N–H and O–H groups in total. The maximum atomic E-state index is 11.9. The number of phenols is 1. The zero-order valence-corrected chi connectivity index (χ0v) is 11.2. The number of aryl methyl sites for hydroxylation is 1. The number of phenolic OH excluding ortho intramolecular Hbond substituents is 1. The van der Waals surface area contributed by atoms with Crippen LogP contribution in [-0.4, -0.2) is 11.0 Å². The molecule has 1 amide bonds. The van der Waals surface area contributed by atoms with Crippen molar-refractivity contribution in [3.63, 3.8) is 0 Å². The van der Waals surface area contributed by atoms with Crippen molar-refractivity contribution >= 4 is 17.5 Å². The highest BCUT2D eigenvalue weighted by Gasteiger charge is 2.07. The van der Waals surface area contributed by atoms with E-state index in [9.17, 15) is 9.90 Å². The molecular formula is C15H14ClNO2. The van der Waals surface area contributed by atoms with Crippen LogP contribution >= 0.6 is 11.6 Å². The van der Waals surface area contributed by atoms with E-state index in [1.54, 1.807) is 31.2 Å². The summed E-state index contributed by atoms with van der Waals surface area (Å²) in [5.41, 5.74) is 2.19. The largest absolute Gasteiger partial charge is 0.508 e. The molecule has 0 unspecified atom stereocenters. The van der Waals surface area contributed by atoms with E-state index in [4.69, 9.17) is 11.6 Å². The number of hydrogen-bond donors (Lipinski definition) is 2. The molecule has 98 valence electrons. The first-order valence-electron chi connectivity index (χ1n) is 5.88. The number of hydrogen-bond acceptors (Lipinski definition) is 2. The Morgan fingerprint density at radius 2 is 1.89 bits per heavy atom. The zero-order chi connectivity index (χ0) is 13.8. The van der Waals surface area contributed by atoms with E-state index in [0.29, 0.717) is 22.7 Å². The third kappa shape index (κ3) is 3.48. The van der Waals surface area contributed by atoms with Crippen LogP contribution in [0.1, 0.15) is 21.5 Å². The van der Waals surface area contributed by atoms with Crippen LogP contribution in [0.25, 0.3) is 0 Å². The lowest BCUT2D eigenvalue weighted by Gasteiger charge is -2.07. The van der Waals surface area contributed by atoms with Gasteiger partial charge in [-0.25, -0.2) is 0 Å². The van der Waals surface area contributed by atoms with Crippen LogP contribution in [0.3, 0.4) is 0 Å². The molecule has 0 saturated heterocycles. The van der Waals surface area contributed by atoms with Gasteiger partial charge in [-0.1, -0.05) is 23.7 Å². The molecule has 0 aliphatic rings. The Labute approximate surface area is 116 Å². The van der Waals surface area contributed by atoms with Gasteiger partial charge in [0.25, 0.3) is 5.91 Å². The van der Waals surface area contributed by atoms with E-state index in [2.05, 4.69) is 5.32 Å². The van der Waals surface area contributed by atoms with Crippen molar-refractivity contribution in [1.29, 1.82) is 0 Å². The van der Waals surface area contributed by atoms with Crippen molar-refractivity contribution in [2.45, 2.75) is 13.5 Å². The van der Waals surface area contributed by atoms with Crippen LogP contribution in [-0.2, 0) is 6.54 Å². The van der Waals surface area contributed by atoms with Crippen LogP contribution in [0.4, 0.5) is 0 Å². The lowest BCUT2D eigenvalue weighted by molar-refractivity contribution is 0.0951. The number of benzene rings is 2. The Bertz CT molecular complexity index is 594. The summed E-state index contributed by atoms with van der Waals surface area (Å²) in [7, 11) is 0.